The number of hydrogen-bond donors (Lipinski definition) is 1. The minimum atomic E-state index is 0.0112. The lowest BCUT2D eigenvalue weighted by Gasteiger charge is -2.36. The number of piperidine rings is 1. The van der Waals surface area contributed by atoms with E-state index in [-0.39, 0.29) is 23.8 Å². The number of carbonyl (C=O) groups excluding carboxylic acids is 2. The van der Waals surface area contributed by atoms with Gasteiger partial charge >= 0.3 is 0 Å². The van der Waals surface area contributed by atoms with Gasteiger partial charge < -0.3 is 10.2 Å². The van der Waals surface area contributed by atoms with Gasteiger partial charge in [-0.2, -0.15) is 0 Å². The van der Waals surface area contributed by atoms with Crippen molar-refractivity contribution >= 4 is 23.2 Å². The van der Waals surface area contributed by atoms with Crippen molar-refractivity contribution < 1.29 is 9.59 Å². The molecule has 5 nitrogen and oxygen atoms in total. The number of hydrogen-bond acceptors (Lipinski definition) is 4. The van der Waals surface area contributed by atoms with Crippen molar-refractivity contribution in [1.82, 2.24) is 15.2 Å². The van der Waals surface area contributed by atoms with E-state index in [1.54, 1.807) is 17.5 Å². The van der Waals surface area contributed by atoms with Crippen LogP contribution in [-0.2, 0) is 9.59 Å². The summed E-state index contributed by atoms with van der Waals surface area (Å²) < 4.78 is 0. The molecule has 23 heavy (non-hydrogen) atoms. The van der Waals surface area contributed by atoms with Gasteiger partial charge in [0.2, 0.25) is 11.8 Å². The van der Waals surface area contributed by atoms with Crippen LogP contribution in [0.15, 0.2) is 11.6 Å². The molecular formula is C17H25N3O2S. The Hall–Kier alpha value is -1.43. The minimum Gasteiger partial charge on any atom is -0.347 e. The fourth-order valence-electron chi connectivity index (χ4n) is 3.31. The van der Waals surface area contributed by atoms with E-state index in [9.17, 15) is 9.59 Å². The smallest absolute Gasteiger partial charge is 0.225 e. The van der Waals surface area contributed by atoms with Crippen molar-refractivity contribution in [3.63, 3.8) is 0 Å². The Morgan fingerprint density at radius 3 is 2.57 bits per heavy atom. The number of rotatable bonds is 5. The van der Waals surface area contributed by atoms with Crippen LogP contribution in [0.3, 0.4) is 0 Å². The molecule has 2 fully saturated rings. The quantitative estimate of drug-likeness (QED) is 0.900. The zero-order valence-corrected chi connectivity index (χ0v) is 14.5. The monoisotopic (exact) mass is 335 g/mol. The number of likely N-dealkylation sites (tertiary alicyclic amines) is 1. The Kier molecular flexibility index (Phi) is 5.30. The Morgan fingerprint density at radius 2 is 2.04 bits per heavy atom. The summed E-state index contributed by atoms with van der Waals surface area (Å²) in [6, 6.07) is 0.0112. The topological polar surface area (TPSA) is 62.3 Å². The molecule has 0 bridgehead atoms. The van der Waals surface area contributed by atoms with E-state index in [1.165, 1.54) is 6.42 Å². The van der Waals surface area contributed by atoms with Crippen LogP contribution in [0.4, 0.5) is 0 Å². The molecule has 1 N–H and O–H groups in total. The molecule has 1 atom stereocenters. The lowest BCUT2D eigenvalue weighted by molar-refractivity contribution is -0.141. The van der Waals surface area contributed by atoms with Gasteiger partial charge in [-0.05, 0) is 32.1 Å². The van der Waals surface area contributed by atoms with E-state index in [4.69, 9.17) is 0 Å². The Morgan fingerprint density at radius 1 is 1.30 bits per heavy atom. The zero-order valence-electron chi connectivity index (χ0n) is 13.7. The third-order valence-electron chi connectivity index (χ3n) is 5.11. The third kappa shape index (κ3) is 3.74. The summed E-state index contributed by atoms with van der Waals surface area (Å²) in [5.74, 6) is 0.705. The van der Waals surface area contributed by atoms with Crippen molar-refractivity contribution in [3.05, 3.63) is 16.6 Å². The summed E-state index contributed by atoms with van der Waals surface area (Å²) in [6.07, 6.45) is 7.45. The average Bonchev–Trinajstić information content (AvgIpc) is 3.05. The lowest BCUT2D eigenvalue weighted by Crippen LogP contribution is -2.46. The van der Waals surface area contributed by atoms with Crippen molar-refractivity contribution in [3.8, 4) is 0 Å². The van der Waals surface area contributed by atoms with Gasteiger partial charge in [0.1, 0.15) is 5.01 Å². The fourth-order valence-corrected chi connectivity index (χ4v) is 4.08. The van der Waals surface area contributed by atoms with Crippen molar-refractivity contribution in [2.45, 2.75) is 51.5 Å². The first kappa shape index (κ1) is 16.4. The highest BCUT2D eigenvalue weighted by atomic mass is 32.1. The predicted molar refractivity (Wildman–Crippen MR) is 89.9 cm³/mol. The van der Waals surface area contributed by atoms with E-state index in [0.29, 0.717) is 5.91 Å². The molecule has 0 aromatic carbocycles. The third-order valence-corrected chi connectivity index (χ3v) is 6.00. The SMILES string of the molecule is CC[C@H](NC(=O)C1CCN(C(=O)C2CCC2)CC1)c1nccs1. The number of nitrogens with zero attached hydrogens (tertiary/aromatic N) is 2. The van der Waals surface area contributed by atoms with Crippen molar-refractivity contribution in [2.75, 3.05) is 13.1 Å². The number of amides is 2. The van der Waals surface area contributed by atoms with Gasteiger partial charge in [0.05, 0.1) is 6.04 Å². The molecule has 2 aliphatic rings. The van der Waals surface area contributed by atoms with Crippen LogP contribution in [0.2, 0.25) is 0 Å². The number of carbonyl (C=O) groups is 2. The first-order chi connectivity index (χ1) is 11.2. The normalized spacial score (nSPS) is 20.8. The summed E-state index contributed by atoms with van der Waals surface area (Å²) in [5, 5.41) is 6.04. The second-order valence-electron chi connectivity index (χ2n) is 6.57. The molecule has 126 valence electrons. The van der Waals surface area contributed by atoms with Crippen LogP contribution < -0.4 is 5.32 Å². The van der Waals surface area contributed by atoms with Crippen LogP contribution in [0.25, 0.3) is 0 Å². The average molecular weight is 335 g/mol. The summed E-state index contributed by atoms with van der Waals surface area (Å²) >= 11 is 1.58. The predicted octanol–water partition coefficient (Wildman–Crippen LogP) is 2.75. The molecule has 1 saturated carbocycles. The second kappa shape index (κ2) is 7.43. The van der Waals surface area contributed by atoms with Gasteiger partial charge in [0.25, 0.3) is 0 Å². The summed E-state index contributed by atoms with van der Waals surface area (Å²) in [6.45, 7) is 3.51. The maximum atomic E-state index is 12.5. The molecule has 0 unspecified atom stereocenters. The van der Waals surface area contributed by atoms with Gasteiger partial charge in [0, 0.05) is 36.5 Å². The van der Waals surface area contributed by atoms with Crippen molar-refractivity contribution in [1.29, 1.82) is 0 Å². The Labute approximate surface area is 141 Å². The van der Waals surface area contributed by atoms with Gasteiger partial charge in [0.15, 0.2) is 0 Å². The van der Waals surface area contributed by atoms with E-state index in [1.807, 2.05) is 10.3 Å². The van der Waals surface area contributed by atoms with Crippen LogP contribution in [-0.4, -0.2) is 34.8 Å². The molecule has 0 spiro atoms. The van der Waals surface area contributed by atoms with Crippen LogP contribution in [0.5, 0.6) is 0 Å². The summed E-state index contributed by atoms with van der Waals surface area (Å²) in [7, 11) is 0. The van der Waals surface area contributed by atoms with Gasteiger partial charge in [-0.3, -0.25) is 9.59 Å². The van der Waals surface area contributed by atoms with Crippen LogP contribution in [0, 0.1) is 11.8 Å². The van der Waals surface area contributed by atoms with E-state index in [0.717, 1.165) is 50.2 Å². The maximum absolute atomic E-state index is 12.5. The fraction of sp³-hybridized carbons (Fsp3) is 0.706. The largest absolute Gasteiger partial charge is 0.347 e. The molecule has 1 aliphatic carbocycles. The molecule has 6 heteroatoms. The molecule has 1 aliphatic heterocycles. The molecular weight excluding hydrogens is 310 g/mol. The Balaban J connectivity index is 1.48. The molecule has 3 rings (SSSR count). The molecule has 1 aromatic rings. The van der Waals surface area contributed by atoms with Gasteiger partial charge in [-0.15, -0.1) is 11.3 Å². The summed E-state index contributed by atoms with van der Waals surface area (Å²) in [5.41, 5.74) is 0. The summed E-state index contributed by atoms with van der Waals surface area (Å²) in [4.78, 5) is 31.0. The van der Waals surface area contributed by atoms with E-state index in [2.05, 4.69) is 17.2 Å². The number of aromatic nitrogens is 1. The van der Waals surface area contributed by atoms with Crippen LogP contribution in [0.1, 0.15) is 56.5 Å². The second-order valence-corrected chi connectivity index (χ2v) is 7.49. The highest BCUT2D eigenvalue weighted by molar-refractivity contribution is 7.09. The van der Waals surface area contributed by atoms with E-state index >= 15 is 0 Å². The molecule has 1 aromatic heterocycles. The van der Waals surface area contributed by atoms with Gasteiger partial charge in [-0.1, -0.05) is 13.3 Å². The maximum Gasteiger partial charge on any atom is 0.225 e. The van der Waals surface area contributed by atoms with Crippen LogP contribution >= 0.6 is 11.3 Å². The van der Waals surface area contributed by atoms with Gasteiger partial charge in [-0.25, -0.2) is 4.98 Å². The highest BCUT2D eigenvalue weighted by Crippen LogP contribution is 2.30. The molecule has 0 radical (unpaired) electrons. The number of nitrogens with one attached hydrogen (secondary N) is 1. The minimum absolute atomic E-state index is 0.0112. The lowest BCUT2D eigenvalue weighted by atomic mass is 9.83. The number of thiazole rings is 1. The highest BCUT2D eigenvalue weighted by Gasteiger charge is 2.33. The Bertz CT molecular complexity index is 534. The first-order valence-corrected chi connectivity index (χ1v) is 9.55. The van der Waals surface area contributed by atoms with Crippen molar-refractivity contribution in [2.24, 2.45) is 11.8 Å². The van der Waals surface area contributed by atoms with E-state index < -0.39 is 0 Å². The first-order valence-electron chi connectivity index (χ1n) is 8.67. The standard InChI is InChI=1S/C17H25N3O2S/c1-2-14(16-18-8-11-23-16)19-15(21)12-6-9-20(10-7-12)17(22)13-4-3-5-13/h8,11-14H,2-7,9-10H2,1H3,(H,19,21)/t14-/m0/s1. The molecule has 2 amide bonds. The molecule has 1 saturated heterocycles. The zero-order chi connectivity index (χ0) is 16.2. The molecule has 2 heterocycles.